The summed E-state index contributed by atoms with van der Waals surface area (Å²) in [5.74, 6) is 0. The van der Waals surface area contributed by atoms with Crippen molar-refractivity contribution in [2.45, 2.75) is 0 Å². The third-order valence-electron chi connectivity index (χ3n) is 14.3. The van der Waals surface area contributed by atoms with Crippen molar-refractivity contribution < 1.29 is 0 Å². The van der Waals surface area contributed by atoms with E-state index in [-0.39, 0.29) is 5.69 Å². The molecule has 0 aliphatic carbocycles. The van der Waals surface area contributed by atoms with Crippen LogP contribution in [0.2, 0.25) is 5.02 Å². The van der Waals surface area contributed by atoms with Gasteiger partial charge in [-0.3, -0.25) is 4.98 Å². The van der Waals surface area contributed by atoms with Crippen molar-refractivity contribution in [1.82, 2.24) is 14.1 Å². The van der Waals surface area contributed by atoms with Crippen LogP contribution in [-0.4, -0.2) is 14.1 Å². The third-order valence-corrected chi connectivity index (χ3v) is 14.6. The van der Waals surface area contributed by atoms with Crippen LogP contribution >= 0.6 is 11.6 Å². The van der Waals surface area contributed by atoms with Gasteiger partial charge in [-0.25, -0.2) is 24.2 Å². The quantitative estimate of drug-likeness (QED) is 0.148. The van der Waals surface area contributed by atoms with Gasteiger partial charge in [-0.15, -0.1) is 0 Å². The molecule has 12 heteroatoms. The first-order chi connectivity index (χ1) is 38.7. The van der Waals surface area contributed by atoms with Crippen molar-refractivity contribution in [3.8, 4) is 85.2 Å². The van der Waals surface area contributed by atoms with Crippen LogP contribution in [0.15, 0.2) is 182 Å². The highest BCUT2D eigenvalue weighted by atomic mass is 35.5. The van der Waals surface area contributed by atoms with Gasteiger partial charge >= 0.3 is 0 Å². The summed E-state index contributed by atoms with van der Waals surface area (Å²) in [5, 5.41) is 33.8. The number of nitriles is 3. The van der Waals surface area contributed by atoms with Crippen LogP contribution in [0.4, 0.5) is 28.4 Å². The summed E-state index contributed by atoms with van der Waals surface area (Å²) in [6.45, 7) is 40.5. The van der Waals surface area contributed by atoms with Gasteiger partial charge in [0.05, 0.1) is 78.8 Å². The molecule has 3 heterocycles. The molecule has 3 aromatic heterocycles. The molecule has 0 aliphatic rings. The Morgan fingerprint density at radius 3 is 1.27 bits per heavy atom. The molecule has 11 nitrogen and oxygen atoms in total. The van der Waals surface area contributed by atoms with E-state index in [4.69, 9.17) is 44.5 Å². The second-order valence-corrected chi connectivity index (χ2v) is 18.9. The molecule has 0 unspecified atom stereocenters. The normalized spacial score (nSPS) is 10.7. The summed E-state index contributed by atoms with van der Waals surface area (Å²) < 4.78 is 4.18. The number of hydrogen-bond donors (Lipinski definition) is 0. The molecular formula is C67H30ClN11. The van der Waals surface area contributed by atoms with Crippen molar-refractivity contribution in [3.63, 3.8) is 0 Å². The Hall–Kier alpha value is -12.1. The number of hydrogen-bond acceptors (Lipinski definition) is 4. The molecule has 0 radical (unpaired) electrons. The number of fused-ring (bicyclic) bond motifs is 6. The lowest BCUT2D eigenvalue weighted by atomic mass is 9.98. The van der Waals surface area contributed by atoms with Crippen LogP contribution in [0.1, 0.15) is 16.7 Å². The predicted octanol–water partition coefficient (Wildman–Crippen LogP) is 18.6. The van der Waals surface area contributed by atoms with E-state index in [0.717, 1.165) is 77.0 Å². The van der Waals surface area contributed by atoms with Crippen LogP contribution in [0.3, 0.4) is 0 Å². The van der Waals surface area contributed by atoms with Crippen LogP contribution < -0.4 is 0 Å². The maximum Gasteiger partial charge on any atom is 0.212 e. The van der Waals surface area contributed by atoms with Crippen molar-refractivity contribution in [2.75, 3.05) is 0 Å². The van der Waals surface area contributed by atoms with Crippen LogP contribution in [0.25, 0.3) is 135 Å². The van der Waals surface area contributed by atoms with Crippen LogP contribution in [-0.2, 0) is 0 Å². The maximum atomic E-state index is 10.4. The summed E-state index contributed by atoms with van der Waals surface area (Å²) in [5.41, 5.74) is 14.0. The van der Waals surface area contributed by atoms with Gasteiger partial charge in [-0.05, 0) is 135 Å². The van der Waals surface area contributed by atoms with Gasteiger partial charge in [-0.1, -0.05) is 96.5 Å². The molecule has 0 bridgehead atoms. The first-order valence-electron chi connectivity index (χ1n) is 24.3. The van der Waals surface area contributed by atoms with Gasteiger partial charge in [-0.2, -0.15) is 15.8 Å². The Morgan fingerprint density at radius 1 is 0.367 bits per heavy atom. The van der Waals surface area contributed by atoms with Gasteiger partial charge in [0.1, 0.15) is 0 Å². The van der Waals surface area contributed by atoms with Crippen LogP contribution in [0.5, 0.6) is 0 Å². The molecule has 79 heavy (non-hydrogen) atoms. The monoisotopic (exact) mass is 1020 g/mol. The van der Waals surface area contributed by atoms with Crippen molar-refractivity contribution >= 4 is 83.6 Å². The van der Waals surface area contributed by atoms with E-state index >= 15 is 0 Å². The fourth-order valence-electron chi connectivity index (χ4n) is 10.6. The first-order valence-corrected chi connectivity index (χ1v) is 24.6. The molecule has 0 spiro atoms. The predicted molar refractivity (Wildman–Crippen MR) is 311 cm³/mol. The maximum absolute atomic E-state index is 10.4. The molecule has 0 saturated heterocycles. The molecule has 0 saturated carbocycles. The number of benzene rings is 9. The minimum atomic E-state index is 0.285. The Morgan fingerprint density at radius 2 is 0.810 bits per heavy atom. The molecule has 0 N–H and O–H groups in total. The van der Waals surface area contributed by atoms with Gasteiger partial charge < -0.3 is 9.13 Å². The fourth-order valence-corrected chi connectivity index (χ4v) is 10.9. The minimum Gasteiger partial charge on any atom is -0.319 e. The van der Waals surface area contributed by atoms with E-state index in [0.29, 0.717) is 78.1 Å². The number of pyridine rings is 1. The SMILES string of the molecule is [C-]#[N+]c1ccc(-c2ccc3c4ccc(-c5ccc(C#N)cc5[N+]#[C-])cc4n(-c4cc(-c5ccncc5)c(-n5c6cc(-c7ccc([N+]#[C-])cc7C#N)ccc6c6ccc(-c7ccc(C#N)cc7[N+]#[C-])cc65)cc4[N+]#[C-])c3c2)c(Cl)c1. The third kappa shape index (κ3) is 7.97. The Kier molecular flexibility index (Phi) is 11.7. The van der Waals surface area contributed by atoms with Crippen molar-refractivity contribution in [3.05, 3.63) is 261 Å². The highest BCUT2D eigenvalue weighted by Gasteiger charge is 2.25. The molecule has 0 amide bonds. The molecule has 12 aromatic rings. The molecule has 9 aromatic carbocycles. The first kappa shape index (κ1) is 47.9. The van der Waals surface area contributed by atoms with E-state index in [1.165, 1.54) is 0 Å². The average Bonchev–Trinajstić information content (AvgIpc) is 4.19. The van der Waals surface area contributed by atoms with Crippen molar-refractivity contribution in [2.24, 2.45) is 0 Å². The summed E-state index contributed by atoms with van der Waals surface area (Å²) >= 11 is 6.91. The number of halogens is 1. The van der Waals surface area contributed by atoms with Gasteiger partial charge in [0.15, 0.2) is 22.7 Å². The van der Waals surface area contributed by atoms with E-state index in [9.17, 15) is 15.8 Å². The highest BCUT2D eigenvalue weighted by molar-refractivity contribution is 6.33. The molecule has 360 valence electrons. The molecular weight excluding hydrogens is 994 g/mol. The smallest absolute Gasteiger partial charge is 0.212 e. The van der Waals surface area contributed by atoms with Gasteiger partial charge in [0.2, 0.25) is 5.69 Å². The Labute approximate surface area is 457 Å². The summed E-state index contributed by atoms with van der Waals surface area (Å²) in [4.78, 5) is 23.5. The number of rotatable bonds is 7. The lowest BCUT2D eigenvalue weighted by Gasteiger charge is -2.20. The topological polar surface area (TPSA) is 116 Å². The lowest BCUT2D eigenvalue weighted by molar-refractivity contribution is 1.15. The highest BCUT2D eigenvalue weighted by Crippen LogP contribution is 2.47. The fraction of sp³-hybridized carbons (Fsp3) is 0. The van der Waals surface area contributed by atoms with Gasteiger partial charge in [0.25, 0.3) is 0 Å². The van der Waals surface area contributed by atoms with Crippen LogP contribution in [0, 0.1) is 66.9 Å². The summed E-state index contributed by atoms with van der Waals surface area (Å²) in [7, 11) is 0. The van der Waals surface area contributed by atoms with Gasteiger partial charge in [0, 0.05) is 66.9 Å². The molecule has 0 aliphatic heterocycles. The van der Waals surface area contributed by atoms with Crippen molar-refractivity contribution in [1.29, 1.82) is 15.8 Å². The van der Waals surface area contributed by atoms with E-state index < -0.39 is 0 Å². The Balaban J connectivity index is 1.20. The minimum absolute atomic E-state index is 0.285. The zero-order valence-corrected chi connectivity index (χ0v) is 41.9. The zero-order valence-electron chi connectivity index (χ0n) is 41.1. The zero-order chi connectivity index (χ0) is 54.5. The Bertz CT molecular complexity index is 4890. The molecule has 0 atom stereocenters. The summed E-state index contributed by atoms with van der Waals surface area (Å²) in [6, 6.07) is 58.7. The molecule has 12 rings (SSSR count). The number of nitrogens with zero attached hydrogens (tertiary/aromatic N) is 11. The van der Waals surface area contributed by atoms with E-state index in [1.54, 1.807) is 79.1 Å². The largest absolute Gasteiger partial charge is 0.319 e. The van der Waals surface area contributed by atoms with E-state index in [2.05, 4.69) is 56.6 Å². The second kappa shape index (κ2) is 19.3. The van der Waals surface area contributed by atoms with E-state index in [1.807, 2.05) is 103 Å². The standard InChI is InChI=1S/C67H30ClN11/c1-72-47-12-20-49(46(28-47)38-71)42-8-16-53-54-18-10-44(51-14-6-39(36-69)26-59(51)74-3)31-63(54)78(62(53)29-42)66-35-61(76-5)67(34-57(66)41-22-24-77-25-23-41)79-64-30-43(50-21-13-48(73-2)33-58(50)68)9-17-55(64)56-19-11-45(32-65(56)79)52-15-7-40(37-70)27-60(52)75-4/h6-35H. The number of aromatic nitrogens is 3. The molecule has 0 fully saturated rings. The second-order valence-electron chi connectivity index (χ2n) is 18.4. The average molecular weight is 1020 g/mol. The summed E-state index contributed by atoms with van der Waals surface area (Å²) in [6.07, 6.45) is 3.43. The lowest BCUT2D eigenvalue weighted by Crippen LogP contribution is -2.02.